The Labute approximate surface area is 213 Å². The third kappa shape index (κ3) is 6.33. The topological polar surface area (TPSA) is 145 Å². The number of aromatic nitrogens is 4. The summed E-state index contributed by atoms with van der Waals surface area (Å²) in [7, 11) is -1.98. The monoisotopic (exact) mass is 532 g/mol. The molecular weight excluding hydrogens is 504 g/mol. The number of anilines is 1. The van der Waals surface area contributed by atoms with Gasteiger partial charge < -0.3 is 14.8 Å². The Balaban J connectivity index is 1.48. The van der Waals surface area contributed by atoms with Crippen LogP contribution in [0.2, 0.25) is 0 Å². The molecule has 0 bridgehead atoms. The maximum Gasteiger partial charge on any atom is 0.280 e. The summed E-state index contributed by atoms with van der Waals surface area (Å²) in [6.07, 6.45) is 9.30. The Morgan fingerprint density at radius 2 is 2.03 bits per heavy atom. The summed E-state index contributed by atoms with van der Waals surface area (Å²) in [6.45, 7) is 2.46. The molecule has 0 spiro atoms. The zero-order chi connectivity index (χ0) is 25.5. The van der Waals surface area contributed by atoms with Gasteiger partial charge in [-0.1, -0.05) is 12.8 Å². The van der Waals surface area contributed by atoms with Crippen LogP contribution in [0.4, 0.5) is 5.69 Å². The number of nitrogens with zero attached hydrogens (tertiary/aromatic N) is 4. The van der Waals surface area contributed by atoms with E-state index in [1.807, 2.05) is 6.92 Å². The van der Waals surface area contributed by atoms with E-state index in [1.165, 1.54) is 30.8 Å². The van der Waals surface area contributed by atoms with Crippen molar-refractivity contribution in [1.29, 1.82) is 0 Å². The van der Waals surface area contributed by atoms with Gasteiger partial charge >= 0.3 is 0 Å². The van der Waals surface area contributed by atoms with E-state index in [2.05, 4.69) is 30.0 Å². The van der Waals surface area contributed by atoms with Gasteiger partial charge in [-0.15, -0.1) is 11.3 Å². The zero-order valence-electron chi connectivity index (χ0n) is 20.0. The van der Waals surface area contributed by atoms with Crippen LogP contribution in [0.3, 0.4) is 0 Å². The number of methoxy groups -OCH3 is 1. The summed E-state index contributed by atoms with van der Waals surface area (Å²) >= 11 is 1.17. The van der Waals surface area contributed by atoms with Gasteiger partial charge in [0.15, 0.2) is 5.01 Å². The number of carbonyl (C=O) groups excluding carboxylic acids is 1. The fourth-order valence-electron chi connectivity index (χ4n) is 3.92. The fourth-order valence-corrected chi connectivity index (χ4v) is 6.27. The Kier molecular flexibility index (Phi) is 8.44. The standard InChI is InChI=1S/C23H28N6O5S2/c1-3-34-21-13-24-11-18(27-21)20-12-26-23(35-20)22(30)28-19(14-33-2)17-10-15(8-9-25-17)29-36(31,32)16-6-4-5-7-16/h8-13,16,19H,3-7,14H2,1-2H3,(H,25,29)(H,28,30)/t19-/m1/s1. The zero-order valence-corrected chi connectivity index (χ0v) is 21.6. The Hall–Kier alpha value is -3.16. The molecule has 36 heavy (non-hydrogen) atoms. The van der Waals surface area contributed by atoms with E-state index in [0.717, 1.165) is 12.8 Å². The lowest BCUT2D eigenvalue weighted by atomic mass is 10.2. The number of hydrogen-bond donors (Lipinski definition) is 2. The highest BCUT2D eigenvalue weighted by Gasteiger charge is 2.29. The van der Waals surface area contributed by atoms with Crippen LogP contribution in [-0.4, -0.2) is 59.8 Å². The van der Waals surface area contributed by atoms with Gasteiger partial charge in [0.2, 0.25) is 15.9 Å². The van der Waals surface area contributed by atoms with Gasteiger partial charge in [-0.05, 0) is 31.9 Å². The van der Waals surface area contributed by atoms with E-state index in [1.54, 1.807) is 24.5 Å². The molecule has 2 N–H and O–H groups in total. The molecule has 3 aromatic rings. The van der Waals surface area contributed by atoms with Gasteiger partial charge in [0.1, 0.15) is 5.69 Å². The molecule has 0 saturated heterocycles. The largest absolute Gasteiger partial charge is 0.477 e. The normalized spacial score (nSPS) is 14.9. The molecule has 3 heterocycles. The molecule has 192 valence electrons. The summed E-state index contributed by atoms with van der Waals surface area (Å²) < 4.78 is 38.7. The quantitative estimate of drug-likeness (QED) is 0.380. The van der Waals surface area contributed by atoms with Crippen molar-refractivity contribution >= 4 is 33.0 Å². The molecule has 4 rings (SSSR count). The van der Waals surface area contributed by atoms with Crippen molar-refractivity contribution in [3.63, 3.8) is 0 Å². The molecule has 1 aliphatic carbocycles. The maximum absolute atomic E-state index is 13.0. The number of pyridine rings is 1. The molecule has 0 aromatic carbocycles. The first-order valence-corrected chi connectivity index (χ1v) is 13.9. The van der Waals surface area contributed by atoms with Gasteiger partial charge in [0.25, 0.3) is 5.91 Å². The summed E-state index contributed by atoms with van der Waals surface area (Å²) in [5.41, 5.74) is 1.41. The van der Waals surface area contributed by atoms with Crippen LogP contribution in [0.5, 0.6) is 5.88 Å². The number of rotatable bonds is 11. The second-order valence-corrected chi connectivity index (χ2v) is 11.2. The highest BCUT2D eigenvalue weighted by molar-refractivity contribution is 7.93. The van der Waals surface area contributed by atoms with E-state index < -0.39 is 22.0 Å². The number of amides is 1. The fraction of sp³-hybridized carbons (Fsp3) is 0.435. The van der Waals surface area contributed by atoms with Crippen LogP contribution in [0.15, 0.2) is 36.9 Å². The molecule has 3 aromatic heterocycles. The minimum Gasteiger partial charge on any atom is -0.477 e. The van der Waals surface area contributed by atoms with Crippen LogP contribution < -0.4 is 14.8 Å². The smallest absolute Gasteiger partial charge is 0.280 e. The molecule has 1 aliphatic rings. The van der Waals surface area contributed by atoms with Gasteiger partial charge in [0, 0.05) is 19.5 Å². The lowest BCUT2D eigenvalue weighted by molar-refractivity contribution is 0.0894. The first kappa shape index (κ1) is 25.9. The Bertz CT molecular complexity index is 1290. The van der Waals surface area contributed by atoms with Crippen molar-refractivity contribution in [2.45, 2.75) is 43.9 Å². The molecule has 1 atom stereocenters. The van der Waals surface area contributed by atoms with E-state index in [0.29, 0.717) is 47.3 Å². The summed E-state index contributed by atoms with van der Waals surface area (Å²) in [5.74, 6) is -0.0231. The number of ether oxygens (including phenoxy) is 2. The van der Waals surface area contributed by atoms with E-state index in [9.17, 15) is 13.2 Å². The number of hydrogen-bond acceptors (Lipinski definition) is 10. The first-order valence-electron chi connectivity index (χ1n) is 11.6. The molecule has 13 heteroatoms. The third-order valence-electron chi connectivity index (χ3n) is 5.63. The lowest BCUT2D eigenvalue weighted by Crippen LogP contribution is -2.32. The van der Waals surface area contributed by atoms with Crippen molar-refractivity contribution in [3.8, 4) is 16.5 Å². The van der Waals surface area contributed by atoms with E-state index >= 15 is 0 Å². The number of thiazole rings is 1. The second kappa shape index (κ2) is 11.7. The predicted octanol–water partition coefficient (Wildman–Crippen LogP) is 3.20. The highest BCUT2D eigenvalue weighted by Crippen LogP contribution is 2.28. The summed E-state index contributed by atoms with van der Waals surface area (Å²) in [6, 6.07) is 2.58. The SMILES string of the molecule is CCOc1cncc(-c2cnc(C(=O)N[C@H](COC)c3cc(NS(=O)(=O)C4CCCC4)ccn3)s2)n1. The van der Waals surface area contributed by atoms with Crippen LogP contribution in [0, 0.1) is 0 Å². The van der Waals surface area contributed by atoms with Gasteiger partial charge in [-0.25, -0.2) is 18.4 Å². The average Bonchev–Trinajstić information content (AvgIpc) is 3.57. The van der Waals surface area contributed by atoms with Crippen molar-refractivity contribution in [2.75, 3.05) is 25.0 Å². The molecular formula is C23H28N6O5S2. The van der Waals surface area contributed by atoms with Gasteiger partial charge in [0.05, 0.1) is 53.2 Å². The summed E-state index contributed by atoms with van der Waals surface area (Å²) in [5, 5.41) is 2.72. The molecule has 1 fully saturated rings. The van der Waals surface area contributed by atoms with Crippen molar-refractivity contribution in [1.82, 2.24) is 25.3 Å². The van der Waals surface area contributed by atoms with Crippen molar-refractivity contribution in [3.05, 3.63) is 47.6 Å². The molecule has 0 unspecified atom stereocenters. The maximum atomic E-state index is 13.0. The van der Waals surface area contributed by atoms with Crippen LogP contribution in [0.1, 0.15) is 54.1 Å². The first-order chi connectivity index (χ1) is 17.4. The molecule has 1 saturated carbocycles. The van der Waals surface area contributed by atoms with E-state index in [4.69, 9.17) is 9.47 Å². The lowest BCUT2D eigenvalue weighted by Gasteiger charge is -2.18. The van der Waals surface area contributed by atoms with Crippen LogP contribution >= 0.6 is 11.3 Å². The van der Waals surface area contributed by atoms with Crippen LogP contribution in [0.25, 0.3) is 10.6 Å². The highest BCUT2D eigenvalue weighted by atomic mass is 32.2. The van der Waals surface area contributed by atoms with E-state index in [-0.39, 0.29) is 16.9 Å². The second-order valence-electron chi connectivity index (χ2n) is 8.21. The number of sulfonamides is 1. The van der Waals surface area contributed by atoms with Crippen molar-refractivity contribution in [2.24, 2.45) is 0 Å². The molecule has 0 radical (unpaired) electrons. The molecule has 11 nitrogen and oxygen atoms in total. The average molecular weight is 533 g/mol. The predicted molar refractivity (Wildman–Crippen MR) is 135 cm³/mol. The number of nitrogens with one attached hydrogen (secondary N) is 2. The number of carbonyl (C=O) groups is 1. The van der Waals surface area contributed by atoms with Crippen LogP contribution in [-0.2, 0) is 14.8 Å². The van der Waals surface area contributed by atoms with Gasteiger partial charge in [-0.3, -0.25) is 19.5 Å². The van der Waals surface area contributed by atoms with Crippen molar-refractivity contribution < 1.29 is 22.7 Å². The third-order valence-corrected chi connectivity index (χ3v) is 8.52. The molecule has 1 amide bonds. The Morgan fingerprint density at radius 3 is 2.78 bits per heavy atom. The Morgan fingerprint density at radius 1 is 1.22 bits per heavy atom. The van der Waals surface area contributed by atoms with Gasteiger partial charge in [-0.2, -0.15) is 0 Å². The minimum absolute atomic E-state index is 0.137. The molecule has 0 aliphatic heterocycles. The summed E-state index contributed by atoms with van der Waals surface area (Å²) in [4.78, 5) is 30.7. The minimum atomic E-state index is -3.49.